The number of nitrogens with two attached hydrogens (primary N) is 1. The van der Waals surface area contributed by atoms with Crippen LogP contribution in [0, 0.1) is 0 Å². The van der Waals surface area contributed by atoms with Gasteiger partial charge in [-0.2, -0.15) is 0 Å². The molecule has 2 fully saturated rings. The zero-order chi connectivity index (χ0) is 24.3. The molecule has 0 radical (unpaired) electrons. The fourth-order valence-electron chi connectivity index (χ4n) is 5.00. The number of nitrogen functional groups attached to an aromatic ring is 1. The molecule has 1 aromatic heterocycles. The first-order valence-corrected chi connectivity index (χ1v) is 12.2. The zero-order valence-corrected chi connectivity index (χ0v) is 19.8. The fourth-order valence-corrected chi connectivity index (χ4v) is 5.00. The average molecular weight is 470 g/mol. The molecule has 3 aromatic rings. The van der Waals surface area contributed by atoms with Crippen LogP contribution in [-0.2, 0) is 17.6 Å². The van der Waals surface area contributed by atoms with Crippen LogP contribution in [-0.4, -0.2) is 58.4 Å². The molecule has 35 heavy (non-hydrogen) atoms. The summed E-state index contributed by atoms with van der Waals surface area (Å²) in [6.07, 6.45) is 2.91. The summed E-state index contributed by atoms with van der Waals surface area (Å²) in [6, 6.07) is 23.8. The van der Waals surface area contributed by atoms with E-state index in [-0.39, 0.29) is 11.9 Å². The number of pyridine rings is 1. The Hall–Kier alpha value is -3.71. The van der Waals surface area contributed by atoms with Gasteiger partial charge in [0.05, 0.1) is 5.69 Å². The third-order valence-corrected chi connectivity index (χ3v) is 7.16. The molecule has 0 atom stereocenters. The van der Waals surface area contributed by atoms with E-state index in [4.69, 9.17) is 5.73 Å². The molecule has 180 valence electrons. The number of rotatable bonds is 7. The zero-order valence-electron chi connectivity index (χ0n) is 19.8. The normalized spacial score (nSPS) is 17.7. The lowest BCUT2D eigenvalue weighted by Gasteiger charge is -2.37. The molecule has 0 bridgehead atoms. The fraction of sp³-hybridized carbons (Fsp3) is 0.321. The second-order valence-electron chi connectivity index (χ2n) is 9.44. The van der Waals surface area contributed by atoms with Crippen molar-refractivity contribution < 1.29 is 9.59 Å². The van der Waals surface area contributed by atoms with E-state index >= 15 is 0 Å². The van der Waals surface area contributed by atoms with Gasteiger partial charge in [-0.25, -0.2) is 9.78 Å². The minimum Gasteiger partial charge on any atom is -0.384 e. The predicted octanol–water partition coefficient (Wildman–Crippen LogP) is 3.50. The van der Waals surface area contributed by atoms with Crippen LogP contribution >= 0.6 is 0 Å². The monoisotopic (exact) mass is 469 g/mol. The van der Waals surface area contributed by atoms with Gasteiger partial charge in [0.1, 0.15) is 11.4 Å². The topological polar surface area (TPSA) is 91.6 Å². The number of benzene rings is 2. The Morgan fingerprint density at radius 3 is 2.23 bits per heavy atom. The van der Waals surface area contributed by atoms with E-state index in [1.54, 1.807) is 6.07 Å². The van der Waals surface area contributed by atoms with E-state index in [0.717, 1.165) is 42.9 Å². The largest absolute Gasteiger partial charge is 0.384 e. The summed E-state index contributed by atoms with van der Waals surface area (Å²) in [7, 11) is 0. The van der Waals surface area contributed by atoms with E-state index < -0.39 is 5.54 Å². The molecule has 3 N–H and O–H groups in total. The van der Waals surface area contributed by atoms with E-state index in [1.807, 2.05) is 42.5 Å². The summed E-state index contributed by atoms with van der Waals surface area (Å²) in [5.74, 6) is 0.453. The Kier molecular flexibility index (Phi) is 6.51. The number of urea groups is 1. The van der Waals surface area contributed by atoms with Gasteiger partial charge in [-0.05, 0) is 48.9 Å². The van der Waals surface area contributed by atoms with Crippen molar-refractivity contribution in [2.75, 3.05) is 31.9 Å². The van der Waals surface area contributed by atoms with Gasteiger partial charge in [-0.15, -0.1) is 0 Å². The molecule has 0 aliphatic carbocycles. The summed E-state index contributed by atoms with van der Waals surface area (Å²) in [6.45, 7) is 2.93. The van der Waals surface area contributed by atoms with Crippen LogP contribution in [0.1, 0.15) is 24.0 Å². The second kappa shape index (κ2) is 9.88. The first-order chi connectivity index (χ1) is 17.0. The number of nitrogens with zero attached hydrogens (tertiary/aromatic N) is 3. The maximum atomic E-state index is 13.2. The van der Waals surface area contributed by atoms with Crippen LogP contribution in [0.2, 0.25) is 0 Å². The number of aromatic nitrogens is 1. The van der Waals surface area contributed by atoms with E-state index in [0.29, 0.717) is 31.6 Å². The summed E-state index contributed by atoms with van der Waals surface area (Å²) in [4.78, 5) is 33.9. The van der Waals surface area contributed by atoms with Crippen LogP contribution < -0.4 is 11.1 Å². The van der Waals surface area contributed by atoms with Gasteiger partial charge in [-0.1, -0.05) is 60.7 Å². The highest BCUT2D eigenvalue weighted by atomic mass is 16.2. The lowest BCUT2D eigenvalue weighted by molar-refractivity contribution is -0.132. The van der Waals surface area contributed by atoms with Gasteiger partial charge in [0.25, 0.3) is 5.91 Å². The van der Waals surface area contributed by atoms with E-state index in [1.165, 1.54) is 10.5 Å². The van der Waals surface area contributed by atoms with Crippen molar-refractivity contribution in [3.63, 3.8) is 0 Å². The minimum atomic E-state index is -0.740. The Morgan fingerprint density at radius 1 is 0.829 bits per heavy atom. The van der Waals surface area contributed by atoms with Crippen LogP contribution in [0.15, 0.2) is 72.8 Å². The molecule has 0 saturated carbocycles. The molecule has 2 saturated heterocycles. The van der Waals surface area contributed by atoms with Crippen molar-refractivity contribution in [2.24, 2.45) is 0 Å². The summed E-state index contributed by atoms with van der Waals surface area (Å²) in [5.41, 5.74) is 9.37. The lowest BCUT2D eigenvalue weighted by atomic mass is 9.87. The smallest absolute Gasteiger partial charge is 0.325 e. The van der Waals surface area contributed by atoms with Gasteiger partial charge in [0.2, 0.25) is 0 Å². The number of hydrogen-bond donors (Lipinski definition) is 2. The molecule has 7 nitrogen and oxygen atoms in total. The Balaban J connectivity index is 1.12. The second-order valence-corrected chi connectivity index (χ2v) is 9.44. The maximum absolute atomic E-state index is 13.2. The SMILES string of the molecule is Nc1cccc(-c2ccc(CCN3CCC4(CC3)NC(=O)N(CCc3ccccc3)C4=O)cc2)n1. The Labute approximate surface area is 206 Å². The van der Waals surface area contributed by atoms with Gasteiger partial charge in [-0.3, -0.25) is 9.69 Å². The van der Waals surface area contributed by atoms with Gasteiger partial charge in [0.15, 0.2) is 0 Å². The van der Waals surface area contributed by atoms with Gasteiger partial charge in [0, 0.05) is 31.7 Å². The molecule has 2 aliphatic rings. The third kappa shape index (κ3) is 5.05. The highest BCUT2D eigenvalue weighted by Gasteiger charge is 2.51. The first-order valence-electron chi connectivity index (χ1n) is 12.2. The number of likely N-dealkylation sites (tertiary alicyclic amines) is 1. The van der Waals surface area contributed by atoms with Crippen molar-refractivity contribution in [3.05, 3.63) is 83.9 Å². The molecular formula is C28H31N5O2. The number of hydrogen-bond acceptors (Lipinski definition) is 5. The molecule has 3 heterocycles. The molecule has 3 amide bonds. The number of piperidine rings is 1. The van der Waals surface area contributed by atoms with Crippen LogP contribution in [0.4, 0.5) is 10.6 Å². The summed E-state index contributed by atoms with van der Waals surface area (Å²) in [5, 5.41) is 3.02. The van der Waals surface area contributed by atoms with Crippen LogP contribution in [0.5, 0.6) is 0 Å². The van der Waals surface area contributed by atoms with Gasteiger partial charge < -0.3 is 16.0 Å². The Morgan fingerprint density at radius 2 is 1.51 bits per heavy atom. The number of carbonyl (C=O) groups is 2. The number of anilines is 1. The highest BCUT2D eigenvalue weighted by Crippen LogP contribution is 2.30. The minimum absolute atomic E-state index is 0.0659. The number of imide groups is 1. The molecule has 0 unspecified atom stereocenters. The predicted molar refractivity (Wildman–Crippen MR) is 137 cm³/mol. The molecule has 7 heteroatoms. The van der Waals surface area contributed by atoms with Gasteiger partial charge >= 0.3 is 6.03 Å². The Bertz CT molecular complexity index is 1190. The standard InChI is InChI=1S/C28H31N5O2/c29-25-8-4-7-24(30-25)23-11-9-22(10-12-23)13-17-32-19-15-28(16-20-32)26(34)33(27(35)31-28)18-14-21-5-2-1-3-6-21/h1-12H,13-20H2,(H2,29,30)(H,31,35). The summed E-state index contributed by atoms with van der Waals surface area (Å²) < 4.78 is 0. The lowest BCUT2D eigenvalue weighted by Crippen LogP contribution is -2.55. The third-order valence-electron chi connectivity index (χ3n) is 7.16. The molecule has 5 rings (SSSR count). The number of nitrogens with one attached hydrogen (secondary N) is 1. The van der Waals surface area contributed by atoms with Crippen LogP contribution in [0.3, 0.4) is 0 Å². The molecule has 2 aliphatic heterocycles. The molecule has 2 aromatic carbocycles. The van der Waals surface area contributed by atoms with E-state index in [2.05, 4.69) is 39.5 Å². The van der Waals surface area contributed by atoms with Crippen molar-refractivity contribution in [1.82, 2.24) is 20.1 Å². The number of amides is 3. The van der Waals surface area contributed by atoms with Crippen molar-refractivity contribution in [2.45, 2.75) is 31.2 Å². The average Bonchev–Trinajstić information content (AvgIpc) is 3.11. The molecular weight excluding hydrogens is 438 g/mol. The van der Waals surface area contributed by atoms with Crippen LogP contribution in [0.25, 0.3) is 11.3 Å². The quantitative estimate of drug-likeness (QED) is 0.517. The first kappa shape index (κ1) is 23.1. The maximum Gasteiger partial charge on any atom is 0.325 e. The molecule has 1 spiro atoms. The highest BCUT2D eigenvalue weighted by molar-refractivity contribution is 6.07. The van der Waals surface area contributed by atoms with E-state index in [9.17, 15) is 9.59 Å². The number of carbonyl (C=O) groups excluding carboxylic acids is 2. The summed E-state index contributed by atoms with van der Waals surface area (Å²) >= 11 is 0. The van der Waals surface area contributed by atoms with Crippen molar-refractivity contribution >= 4 is 17.8 Å². The van der Waals surface area contributed by atoms with Crippen molar-refractivity contribution in [3.8, 4) is 11.3 Å². The van der Waals surface area contributed by atoms with Crippen molar-refractivity contribution in [1.29, 1.82) is 0 Å².